The highest BCUT2D eigenvalue weighted by molar-refractivity contribution is 5.78. The van der Waals surface area contributed by atoms with E-state index in [2.05, 4.69) is 32.6 Å². The first-order valence-electron chi connectivity index (χ1n) is 20.8. The van der Waals surface area contributed by atoms with Gasteiger partial charge >= 0.3 is 5.97 Å². The summed E-state index contributed by atoms with van der Waals surface area (Å²) in [6.45, 7) is 9.50. The minimum absolute atomic E-state index is 0.0494. The topological polar surface area (TPSA) is 139 Å². The van der Waals surface area contributed by atoms with Gasteiger partial charge in [-0.15, -0.1) is 0 Å². The van der Waals surface area contributed by atoms with E-state index in [1.165, 1.54) is 38.5 Å². The Bertz CT molecular complexity index is 1320. The predicted octanol–water partition coefficient (Wildman–Crippen LogP) is 6.04. The number of nitrogens with zero attached hydrogens (tertiary/aromatic N) is 2. The van der Waals surface area contributed by atoms with Crippen LogP contribution in [0.5, 0.6) is 0 Å². The molecule has 3 amide bonds. The first kappa shape index (κ1) is 38.1. The lowest BCUT2D eigenvalue weighted by Crippen LogP contribution is -2.61. The Morgan fingerprint density at radius 2 is 1.02 bits per heavy atom. The maximum Gasteiger partial charge on any atom is 0.329 e. The van der Waals surface area contributed by atoms with E-state index >= 15 is 0 Å². The molecule has 0 aromatic heterocycles. The van der Waals surface area contributed by atoms with Crippen molar-refractivity contribution < 1.29 is 33.8 Å². The van der Waals surface area contributed by atoms with Crippen molar-refractivity contribution in [2.45, 2.75) is 155 Å². The van der Waals surface area contributed by atoms with Gasteiger partial charge in [0.25, 0.3) is 0 Å². The lowest BCUT2D eigenvalue weighted by molar-refractivity contribution is -0.165. The van der Waals surface area contributed by atoms with Gasteiger partial charge in [-0.1, -0.05) is 27.7 Å². The number of carbonyl (C=O) groups is 4. The lowest BCUT2D eigenvalue weighted by Gasteiger charge is -2.61. The van der Waals surface area contributed by atoms with E-state index in [-0.39, 0.29) is 53.0 Å². The van der Waals surface area contributed by atoms with Gasteiger partial charge in [-0.25, -0.2) is 4.79 Å². The fourth-order valence-corrected chi connectivity index (χ4v) is 15.1. The number of fused-ring (bicyclic) bond motifs is 10. The van der Waals surface area contributed by atoms with E-state index in [0.29, 0.717) is 66.3 Å². The van der Waals surface area contributed by atoms with Gasteiger partial charge in [-0.2, -0.15) is 0 Å². The molecule has 2 aliphatic heterocycles. The molecule has 2 saturated heterocycles. The molecule has 0 bridgehead atoms. The maximum absolute atomic E-state index is 12.2. The standard InChI is InChI=1S/C21H34N2O3.C21H33NO4/c1-20-11-9-19(25)23(3)16(20)6-4-13-14-5-7-17(26-12-18(22)24)21(14,2)10-8-15(13)20;1-20-11-9-18(23)22(3)16(20)6-4-13-14-5-7-17(26-12-19(24)25)21(14,2)10-8-15(13)20/h13-17H,4-12H2,1-3H3,(H2,22,24);13-17H,4-12H2,1-3H3,(H,24,25)/t13?,14?,15?,16-,17+,20-,21+;13?,14?,15?,16?,17-,20+,21-/m10/s1. The summed E-state index contributed by atoms with van der Waals surface area (Å²) < 4.78 is 11.8. The van der Waals surface area contributed by atoms with Gasteiger partial charge in [0.15, 0.2) is 0 Å². The number of primary amides is 1. The van der Waals surface area contributed by atoms with Gasteiger partial charge < -0.3 is 30.1 Å². The summed E-state index contributed by atoms with van der Waals surface area (Å²) in [7, 11) is 4.02. The number of rotatable bonds is 6. The van der Waals surface area contributed by atoms with Crippen LogP contribution in [0.4, 0.5) is 0 Å². The molecular weight excluding hydrogens is 658 g/mol. The van der Waals surface area contributed by atoms with Crippen molar-refractivity contribution in [3.8, 4) is 0 Å². The molecule has 52 heavy (non-hydrogen) atoms. The van der Waals surface area contributed by atoms with E-state index in [1.807, 2.05) is 19.0 Å². The molecule has 8 aliphatic rings. The van der Waals surface area contributed by atoms with E-state index in [0.717, 1.165) is 57.3 Å². The Hall–Kier alpha value is -2.20. The number of piperidine rings is 2. The fourth-order valence-electron chi connectivity index (χ4n) is 15.1. The summed E-state index contributed by atoms with van der Waals surface area (Å²) >= 11 is 0. The summed E-state index contributed by atoms with van der Waals surface area (Å²) in [4.78, 5) is 50.7. The summed E-state index contributed by atoms with van der Waals surface area (Å²) in [5, 5.41) is 8.99. The minimum atomic E-state index is -0.867. The predicted molar refractivity (Wildman–Crippen MR) is 197 cm³/mol. The number of aliphatic carboxylic acids is 1. The normalized spacial score (nSPS) is 47.9. The fraction of sp³-hybridized carbons (Fsp3) is 0.905. The highest BCUT2D eigenvalue weighted by Crippen LogP contribution is 2.66. The van der Waals surface area contributed by atoms with E-state index in [9.17, 15) is 19.2 Å². The number of ether oxygens (including phenoxy) is 2. The van der Waals surface area contributed by atoms with Crippen LogP contribution in [0, 0.1) is 57.2 Å². The number of amides is 3. The Morgan fingerprint density at radius 3 is 1.42 bits per heavy atom. The second kappa shape index (κ2) is 13.8. The number of likely N-dealkylation sites (tertiary alicyclic amines) is 2. The van der Waals surface area contributed by atoms with Crippen LogP contribution in [-0.4, -0.2) is 90.2 Å². The molecule has 0 aromatic rings. The molecule has 7 unspecified atom stereocenters. The molecular formula is C42H67N3O7. The van der Waals surface area contributed by atoms with E-state index < -0.39 is 5.97 Å². The van der Waals surface area contributed by atoms with Crippen molar-refractivity contribution >= 4 is 23.7 Å². The zero-order valence-corrected chi connectivity index (χ0v) is 32.9. The zero-order chi connectivity index (χ0) is 37.4. The van der Waals surface area contributed by atoms with Crippen LogP contribution in [0.3, 0.4) is 0 Å². The van der Waals surface area contributed by atoms with Gasteiger partial charge in [0.1, 0.15) is 13.2 Å². The van der Waals surface area contributed by atoms with Crippen molar-refractivity contribution in [3.63, 3.8) is 0 Å². The number of carbonyl (C=O) groups excluding carboxylic acids is 3. The molecule has 8 rings (SSSR count). The third-order valence-corrected chi connectivity index (χ3v) is 17.8. The van der Waals surface area contributed by atoms with Crippen LogP contribution >= 0.6 is 0 Å². The summed E-state index contributed by atoms with van der Waals surface area (Å²) in [5.41, 5.74) is 6.11. The second-order valence-electron chi connectivity index (χ2n) is 19.7. The third-order valence-electron chi connectivity index (χ3n) is 17.8. The van der Waals surface area contributed by atoms with Crippen LogP contribution in [0.2, 0.25) is 0 Å². The largest absolute Gasteiger partial charge is 0.480 e. The molecule has 8 fully saturated rings. The first-order chi connectivity index (χ1) is 24.5. The molecule has 10 nitrogen and oxygen atoms in total. The SMILES string of the molecule is CN1C(=O)CC[C@]2(C)C3CC[C@@]4(C)C(CC[C@@H]4OCC(=O)O)C3CCC12.CN1C(=O)CC[C@]2(C)C3CC[C@@]4(C)C(CC[C@@H]4OCC(N)=O)C3CC[C@@H]12. The first-order valence-corrected chi connectivity index (χ1v) is 20.8. The quantitative estimate of drug-likeness (QED) is 0.341. The Balaban J connectivity index is 0.000000162. The summed E-state index contributed by atoms with van der Waals surface area (Å²) in [6, 6.07) is 0.812. The molecule has 0 aromatic carbocycles. The number of hydrogen-bond acceptors (Lipinski definition) is 6. The van der Waals surface area contributed by atoms with Crippen molar-refractivity contribution in [2.24, 2.45) is 62.9 Å². The molecule has 3 N–H and O–H groups in total. The van der Waals surface area contributed by atoms with Crippen molar-refractivity contribution in [1.82, 2.24) is 9.80 Å². The molecule has 10 heteroatoms. The Morgan fingerprint density at radius 1 is 0.615 bits per heavy atom. The van der Waals surface area contributed by atoms with Crippen LogP contribution in [-0.2, 0) is 28.7 Å². The highest BCUT2D eigenvalue weighted by atomic mass is 16.5. The van der Waals surface area contributed by atoms with Crippen LogP contribution < -0.4 is 5.73 Å². The van der Waals surface area contributed by atoms with Gasteiger partial charge in [-0.05, 0) is 147 Å². The van der Waals surface area contributed by atoms with Crippen molar-refractivity contribution in [2.75, 3.05) is 27.3 Å². The van der Waals surface area contributed by atoms with Crippen molar-refractivity contribution in [1.29, 1.82) is 0 Å². The summed E-state index contributed by atoms with van der Waals surface area (Å²) in [6.07, 6.45) is 17.6. The monoisotopic (exact) mass is 725 g/mol. The lowest BCUT2D eigenvalue weighted by atomic mass is 9.47. The maximum atomic E-state index is 12.2. The highest BCUT2D eigenvalue weighted by Gasteiger charge is 2.63. The number of carboxylic acid groups (broad SMARTS) is 1. The molecule has 292 valence electrons. The molecule has 2 heterocycles. The third kappa shape index (κ3) is 6.03. The van der Waals surface area contributed by atoms with E-state index in [1.54, 1.807) is 0 Å². The molecule has 6 saturated carbocycles. The number of hydrogen-bond donors (Lipinski definition) is 2. The van der Waals surface area contributed by atoms with Gasteiger partial charge in [0.2, 0.25) is 17.7 Å². The average Bonchev–Trinajstić information content (AvgIpc) is 3.62. The minimum Gasteiger partial charge on any atom is -0.480 e. The second-order valence-corrected chi connectivity index (χ2v) is 19.7. The van der Waals surface area contributed by atoms with E-state index in [4.69, 9.17) is 20.3 Å². The van der Waals surface area contributed by atoms with Crippen LogP contribution in [0.15, 0.2) is 0 Å². The smallest absolute Gasteiger partial charge is 0.329 e. The number of carboxylic acids is 1. The Labute approximate surface area is 311 Å². The average molecular weight is 726 g/mol. The van der Waals surface area contributed by atoms with Crippen molar-refractivity contribution in [3.05, 3.63) is 0 Å². The summed E-state index contributed by atoms with van der Waals surface area (Å²) in [5.74, 6) is 3.57. The van der Waals surface area contributed by atoms with Gasteiger partial charge in [0.05, 0.1) is 12.2 Å². The zero-order valence-electron chi connectivity index (χ0n) is 32.9. The van der Waals surface area contributed by atoms with Gasteiger partial charge in [-0.3, -0.25) is 14.4 Å². The molecule has 14 atom stereocenters. The Kier molecular flexibility index (Phi) is 10.1. The van der Waals surface area contributed by atoms with Crippen LogP contribution in [0.1, 0.15) is 130 Å². The molecule has 0 radical (unpaired) electrons. The van der Waals surface area contributed by atoms with Crippen LogP contribution in [0.25, 0.3) is 0 Å². The molecule has 0 spiro atoms. The van der Waals surface area contributed by atoms with Gasteiger partial charge in [0, 0.05) is 39.0 Å². The number of nitrogens with two attached hydrogens (primary N) is 1. The molecule has 6 aliphatic carbocycles.